The fourth-order valence-electron chi connectivity index (χ4n) is 1.43. The number of hydrogen-bond acceptors (Lipinski definition) is 3. The van der Waals surface area contributed by atoms with E-state index in [1.165, 1.54) is 10.8 Å². The van der Waals surface area contributed by atoms with E-state index in [0.717, 1.165) is 16.0 Å². The van der Waals surface area contributed by atoms with E-state index < -0.39 is 0 Å². The second kappa shape index (κ2) is 4.64. The molecule has 0 aliphatic heterocycles. The topological polar surface area (TPSA) is 20.2 Å². The molecule has 2 rings (SSSR count). The molecule has 2 aromatic rings. The first-order chi connectivity index (χ1) is 7.31. The van der Waals surface area contributed by atoms with Crippen molar-refractivity contribution in [1.29, 1.82) is 0 Å². The predicted octanol–water partition coefficient (Wildman–Crippen LogP) is 4.00. The Hall–Kier alpha value is -1.06. The Kier molecular flexibility index (Phi) is 3.23. The normalized spacial score (nSPS) is 10.2. The van der Waals surface area contributed by atoms with Gasteiger partial charge in [-0.25, -0.2) is 0 Å². The zero-order valence-electron chi connectivity index (χ0n) is 7.92. The molecule has 1 N–H and O–H groups in total. The number of phenolic OH excluding ortho intramolecular Hbond substituents is 1. The highest BCUT2D eigenvalue weighted by Crippen LogP contribution is 2.33. The lowest BCUT2D eigenvalue weighted by Gasteiger charge is -2.05. The summed E-state index contributed by atoms with van der Waals surface area (Å²) in [6, 6.07) is 15.4. The average molecular weight is 234 g/mol. The van der Waals surface area contributed by atoms with Crippen LogP contribution in [-0.2, 0) is 0 Å². The van der Waals surface area contributed by atoms with Crippen molar-refractivity contribution in [3.05, 3.63) is 48.5 Å². The lowest BCUT2D eigenvalue weighted by atomic mass is 10.1. The van der Waals surface area contributed by atoms with Gasteiger partial charge in [-0.3, -0.25) is 0 Å². The third-order valence-electron chi connectivity index (χ3n) is 2.16. The quantitative estimate of drug-likeness (QED) is 0.605. The van der Waals surface area contributed by atoms with E-state index in [1.807, 2.05) is 42.5 Å². The molecular formula is C12H10OS2. The van der Waals surface area contributed by atoms with Crippen molar-refractivity contribution in [2.75, 3.05) is 0 Å². The van der Waals surface area contributed by atoms with E-state index >= 15 is 0 Å². The van der Waals surface area contributed by atoms with Crippen molar-refractivity contribution in [3.8, 4) is 16.9 Å². The SMILES string of the molecule is Oc1cc(SS)ccc1-c1ccccc1. The van der Waals surface area contributed by atoms with Crippen molar-refractivity contribution in [1.82, 2.24) is 0 Å². The van der Waals surface area contributed by atoms with Crippen LogP contribution in [-0.4, -0.2) is 5.11 Å². The van der Waals surface area contributed by atoms with Gasteiger partial charge < -0.3 is 5.11 Å². The molecule has 0 saturated carbocycles. The van der Waals surface area contributed by atoms with Gasteiger partial charge in [0.05, 0.1) is 0 Å². The van der Waals surface area contributed by atoms with E-state index in [-0.39, 0.29) is 0 Å². The molecule has 0 aromatic heterocycles. The molecule has 0 amide bonds. The van der Waals surface area contributed by atoms with Crippen LogP contribution in [0.15, 0.2) is 53.4 Å². The van der Waals surface area contributed by atoms with Gasteiger partial charge >= 0.3 is 0 Å². The fourth-order valence-corrected chi connectivity index (χ4v) is 2.06. The molecule has 0 aliphatic carbocycles. The maximum atomic E-state index is 9.83. The second-order valence-corrected chi connectivity index (χ2v) is 4.34. The van der Waals surface area contributed by atoms with Gasteiger partial charge in [-0.05, 0) is 23.8 Å². The second-order valence-electron chi connectivity index (χ2n) is 3.14. The maximum absolute atomic E-state index is 9.83. The van der Waals surface area contributed by atoms with E-state index in [0.29, 0.717) is 5.75 Å². The zero-order valence-corrected chi connectivity index (χ0v) is 9.63. The van der Waals surface area contributed by atoms with Crippen molar-refractivity contribution in [2.24, 2.45) is 0 Å². The van der Waals surface area contributed by atoms with Crippen LogP contribution in [0, 0.1) is 0 Å². The Morgan fingerprint density at radius 1 is 1.00 bits per heavy atom. The highest BCUT2D eigenvalue weighted by atomic mass is 33.1. The van der Waals surface area contributed by atoms with Gasteiger partial charge in [0, 0.05) is 10.5 Å². The first-order valence-electron chi connectivity index (χ1n) is 4.51. The Morgan fingerprint density at radius 2 is 1.73 bits per heavy atom. The molecule has 0 atom stereocenters. The number of hydrogen-bond donors (Lipinski definition) is 2. The van der Waals surface area contributed by atoms with Crippen molar-refractivity contribution in [2.45, 2.75) is 4.90 Å². The predicted molar refractivity (Wildman–Crippen MR) is 68.4 cm³/mol. The molecule has 0 aliphatic rings. The minimum atomic E-state index is 0.292. The van der Waals surface area contributed by atoms with Crippen molar-refractivity contribution >= 4 is 22.5 Å². The van der Waals surface area contributed by atoms with Gasteiger partial charge in [0.1, 0.15) is 5.75 Å². The van der Waals surface area contributed by atoms with Crippen LogP contribution in [0.5, 0.6) is 5.75 Å². The highest BCUT2D eigenvalue weighted by molar-refractivity contribution is 8.68. The molecule has 3 heteroatoms. The summed E-state index contributed by atoms with van der Waals surface area (Å²) in [7, 11) is 1.32. The molecular weight excluding hydrogens is 224 g/mol. The lowest BCUT2D eigenvalue weighted by Crippen LogP contribution is -1.78. The van der Waals surface area contributed by atoms with Crippen LogP contribution < -0.4 is 0 Å². The molecule has 0 radical (unpaired) electrons. The minimum Gasteiger partial charge on any atom is -0.507 e. The van der Waals surface area contributed by atoms with Crippen LogP contribution in [0.4, 0.5) is 0 Å². The van der Waals surface area contributed by atoms with Crippen molar-refractivity contribution < 1.29 is 5.11 Å². The number of thiol groups is 1. The summed E-state index contributed by atoms with van der Waals surface area (Å²) in [5.41, 5.74) is 1.87. The number of phenols is 1. The van der Waals surface area contributed by atoms with E-state index in [4.69, 9.17) is 0 Å². The van der Waals surface area contributed by atoms with Crippen molar-refractivity contribution in [3.63, 3.8) is 0 Å². The molecule has 0 fully saturated rings. The van der Waals surface area contributed by atoms with Crippen LogP contribution in [0.3, 0.4) is 0 Å². The summed E-state index contributed by atoms with van der Waals surface area (Å²) in [5.74, 6) is 0.292. The molecule has 0 bridgehead atoms. The number of rotatable bonds is 2. The third-order valence-corrected chi connectivity index (χ3v) is 3.26. The Bertz CT molecular complexity index is 454. The summed E-state index contributed by atoms with van der Waals surface area (Å²) in [6.45, 7) is 0. The van der Waals surface area contributed by atoms with Gasteiger partial charge in [0.2, 0.25) is 0 Å². The monoisotopic (exact) mass is 234 g/mol. The largest absolute Gasteiger partial charge is 0.507 e. The van der Waals surface area contributed by atoms with Gasteiger partial charge in [-0.15, -0.1) is 11.7 Å². The van der Waals surface area contributed by atoms with Crippen LogP contribution in [0.2, 0.25) is 0 Å². The molecule has 0 spiro atoms. The molecule has 0 saturated heterocycles. The smallest absolute Gasteiger partial charge is 0.124 e. The fraction of sp³-hybridized carbons (Fsp3) is 0. The minimum absolute atomic E-state index is 0.292. The summed E-state index contributed by atoms with van der Waals surface area (Å²) < 4.78 is 0. The van der Waals surface area contributed by atoms with Gasteiger partial charge in [-0.2, -0.15) is 0 Å². The maximum Gasteiger partial charge on any atom is 0.124 e. The average Bonchev–Trinajstić information content (AvgIpc) is 2.30. The van der Waals surface area contributed by atoms with E-state index in [1.54, 1.807) is 6.07 Å². The summed E-state index contributed by atoms with van der Waals surface area (Å²) in [5, 5.41) is 9.83. The highest BCUT2D eigenvalue weighted by Gasteiger charge is 2.04. The first-order valence-corrected chi connectivity index (χ1v) is 6.38. The summed E-state index contributed by atoms with van der Waals surface area (Å²) in [4.78, 5) is 0.940. The Balaban J connectivity index is 2.46. The number of benzene rings is 2. The Morgan fingerprint density at radius 3 is 2.33 bits per heavy atom. The van der Waals surface area contributed by atoms with E-state index in [9.17, 15) is 5.11 Å². The molecule has 0 heterocycles. The van der Waals surface area contributed by atoms with Crippen LogP contribution >= 0.6 is 22.5 Å². The van der Waals surface area contributed by atoms with Gasteiger partial charge in [-0.1, -0.05) is 41.1 Å². The van der Waals surface area contributed by atoms with Crippen LogP contribution in [0.25, 0.3) is 11.1 Å². The lowest BCUT2D eigenvalue weighted by molar-refractivity contribution is 0.476. The molecule has 1 nitrogen and oxygen atoms in total. The summed E-state index contributed by atoms with van der Waals surface area (Å²) in [6.07, 6.45) is 0. The Labute approximate surface area is 98.0 Å². The van der Waals surface area contributed by atoms with Gasteiger partial charge in [0.15, 0.2) is 0 Å². The summed E-state index contributed by atoms with van der Waals surface area (Å²) >= 11 is 4.08. The molecule has 2 aromatic carbocycles. The zero-order chi connectivity index (χ0) is 10.7. The molecule has 76 valence electrons. The third kappa shape index (κ3) is 2.30. The van der Waals surface area contributed by atoms with E-state index in [2.05, 4.69) is 11.7 Å². The number of aromatic hydroxyl groups is 1. The molecule has 0 unspecified atom stereocenters. The standard InChI is InChI=1S/C12H10OS2/c13-12-8-10(15-14)6-7-11(12)9-4-2-1-3-5-9/h1-8,13-14H. The molecule has 15 heavy (non-hydrogen) atoms. The van der Waals surface area contributed by atoms with Gasteiger partial charge in [0.25, 0.3) is 0 Å². The first kappa shape index (κ1) is 10.5. The van der Waals surface area contributed by atoms with Crippen LogP contribution in [0.1, 0.15) is 0 Å².